The lowest BCUT2D eigenvalue weighted by Crippen LogP contribution is -2.56. The molecule has 2 heteroatoms. The lowest BCUT2D eigenvalue weighted by Gasteiger charge is -2.59. The van der Waals surface area contributed by atoms with Crippen molar-refractivity contribution in [3.05, 3.63) is 23.8 Å². The van der Waals surface area contributed by atoms with Gasteiger partial charge in [0.25, 0.3) is 0 Å². The highest BCUT2D eigenvalue weighted by Gasteiger charge is 2.77. The van der Waals surface area contributed by atoms with Gasteiger partial charge < -0.3 is 10.1 Å². The molecule has 1 aliphatic heterocycles. The molecule has 6 aliphatic rings. The van der Waals surface area contributed by atoms with Crippen molar-refractivity contribution in [1.29, 1.82) is 5.41 Å². The first-order valence-electron chi connectivity index (χ1n) is 11.2. The maximum atomic E-state index is 8.13. The lowest BCUT2D eigenvalue weighted by atomic mass is 9.47. The van der Waals surface area contributed by atoms with Gasteiger partial charge in [-0.1, -0.05) is 19.1 Å². The number of ether oxygens (including phenoxy) is 1. The van der Waals surface area contributed by atoms with Crippen molar-refractivity contribution in [3.63, 3.8) is 0 Å². The van der Waals surface area contributed by atoms with Gasteiger partial charge in [-0.25, -0.2) is 0 Å². The van der Waals surface area contributed by atoms with Crippen LogP contribution in [0.2, 0.25) is 0 Å². The van der Waals surface area contributed by atoms with E-state index in [0.29, 0.717) is 11.3 Å². The monoisotopic (exact) mass is 351 g/mol. The summed E-state index contributed by atoms with van der Waals surface area (Å²) in [7, 11) is 0. The Morgan fingerprint density at radius 2 is 2.12 bits per heavy atom. The Morgan fingerprint density at radius 1 is 1.23 bits per heavy atom. The smallest absolute Gasteiger partial charge is 0.0772 e. The van der Waals surface area contributed by atoms with Crippen LogP contribution in [0.15, 0.2) is 23.8 Å². The number of hydrogen-bond donors (Lipinski definition) is 1. The summed E-state index contributed by atoms with van der Waals surface area (Å²) >= 11 is 0. The predicted molar refractivity (Wildman–Crippen MR) is 104 cm³/mol. The van der Waals surface area contributed by atoms with Crippen LogP contribution in [-0.4, -0.2) is 17.9 Å². The summed E-state index contributed by atoms with van der Waals surface area (Å²) in [5.41, 5.74) is 4.37. The quantitative estimate of drug-likeness (QED) is 0.661. The van der Waals surface area contributed by atoms with Gasteiger partial charge in [-0.05, 0) is 105 Å². The number of hydrogen-bond acceptors (Lipinski definition) is 2. The fourth-order valence-corrected chi connectivity index (χ4v) is 9.10. The van der Waals surface area contributed by atoms with Gasteiger partial charge in [-0.3, -0.25) is 0 Å². The molecule has 0 bridgehead atoms. The van der Waals surface area contributed by atoms with E-state index in [1.54, 1.807) is 0 Å². The van der Waals surface area contributed by atoms with E-state index in [1.807, 2.05) is 0 Å². The molecule has 1 saturated heterocycles. The number of allylic oxidation sites excluding steroid dienone is 3. The van der Waals surface area contributed by atoms with Crippen molar-refractivity contribution >= 4 is 5.71 Å². The number of nitrogens with one attached hydrogen (secondary N) is 1. The summed E-state index contributed by atoms with van der Waals surface area (Å²) in [5, 5.41) is 8.13. The second-order valence-corrected chi connectivity index (χ2v) is 10.3. The minimum Gasteiger partial charge on any atom is -0.374 e. The van der Waals surface area contributed by atoms with Crippen LogP contribution < -0.4 is 0 Å². The zero-order chi connectivity index (χ0) is 17.7. The Kier molecular flexibility index (Phi) is 3.18. The number of rotatable bonds is 1. The maximum absolute atomic E-state index is 8.13. The minimum absolute atomic E-state index is 0.244. The van der Waals surface area contributed by atoms with Crippen molar-refractivity contribution in [2.45, 2.75) is 70.3 Å². The van der Waals surface area contributed by atoms with Crippen molar-refractivity contribution in [2.24, 2.45) is 40.9 Å². The average Bonchev–Trinajstić information content (AvgIpc) is 3.21. The molecular formula is C24H33NO. The third-order valence-electron chi connectivity index (χ3n) is 9.86. The largest absolute Gasteiger partial charge is 0.374 e. The van der Waals surface area contributed by atoms with Gasteiger partial charge in [0.1, 0.15) is 0 Å². The van der Waals surface area contributed by atoms with Crippen LogP contribution in [0.5, 0.6) is 0 Å². The summed E-state index contributed by atoms with van der Waals surface area (Å²) in [6, 6.07) is 0. The highest BCUT2D eigenvalue weighted by atomic mass is 16.5. The first-order chi connectivity index (χ1) is 12.6. The lowest BCUT2D eigenvalue weighted by molar-refractivity contribution is -0.156. The molecule has 140 valence electrons. The Balaban J connectivity index is 1.42. The third kappa shape index (κ3) is 1.72. The molecule has 8 atom stereocenters. The van der Waals surface area contributed by atoms with Gasteiger partial charge in [0.15, 0.2) is 0 Å². The summed E-state index contributed by atoms with van der Waals surface area (Å²) in [5.74, 6) is 5.09. The van der Waals surface area contributed by atoms with Gasteiger partial charge in [-0.15, -0.1) is 0 Å². The van der Waals surface area contributed by atoms with Gasteiger partial charge >= 0.3 is 0 Å². The van der Waals surface area contributed by atoms with Gasteiger partial charge in [0.05, 0.1) is 5.60 Å². The molecule has 5 aliphatic carbocycles. The molecule has 0 radical (unpaired) electrons. The maximum Gasteiger partial charge on any atom is 0.0772 e. The molecule has 2 nitrogen and oxygen atoms in total. The Labute approximate surface area is 158 Å². The molecule has 0 amide bonds. The normalized spacial score (nSPS) is 54.4. The van der Waals surface area contributed by atoms with Gasteiger partial charge in [0, 0.05) is 17.7 Å². The average molecular weight is 352 g/mol. The van der Waals surface area contributed by atoms with E-state index in [1.165, 1.54) is 62.5 Å². The first-order valence-corrected chi connectivity index (χ1v) is 11.2. The number of fused-ring (bicyclic) bond motifs is 9. The molecule has 0 aromatic heterocycles. The van der Waals surface area contributed by atoms with Crippen LogP contribution in [-0.2, 0) is 4.74 Å². The molecule has 1 N–H and O–H groups in total. The van der Waals surface area contributed by atoms with Crippen molar-refractivity contribution in [2.75, 3.05) is 6.61 Å². The SMILES string of the molecule is C=C1CC2C(CC[C@@]3(CC)C2C2CC2[C@@]32CCCO2)[C@H]2CCC(=N)C=C12. The second kappa shape index (κ2) is 5.13. The minimum atomic E-state index is 0.244. The van der Waals surface area contributed by atoms with E-state index in [9.17, 15) is 0 Å². The van der Waals surface area contributed by atoms with Crippen molar-refractivity contribution in [1.82, 2.24) is 0 Å². The highest BCUT2D eigenvalue weighted by molar-refractivity contribution is 5.94. The summed E-state index contributed by atoms with van der Waals surface area (Å²) < 4.78 is 6.68. The second-order valence-electron chi connectivity index (χ2n) is 10.3. The Hall–Kier alpha value is -0.890. The van der Waals surface area contributed by atoms with Crippen molar-refractivity contribution < 1.29 is 4.74 Å². The van der Waals surface area contributed by atoms with Crippen molar-refractivity contribution in [3.8, 4) is 0 Å². The van der Waals surface area contributed by atoms with E-state index >= 15 is 0 Å². The van der Waals surface area contributed by atoms with Crippen LogP contribution >= 0.6 is 0 Å². The molecule has 4 saturated carbocycles. The molecule has 1 spiro atoms. The zero-order valence-electron chi connectivity index (χ0n) is 16.2. The van der Waals surface area contributed by atoms with Crippen LogP contribution in [0.3, 0.4) is 0 Å². The van der Waals surface area contributed by atoms with Crippen LogP contribution in [0, 0.1) is 46.3 Å². The van der Waals surface area contributed by atoms with E-state index in [0.717, 1.165) is 48.3 Å². The van der Waals surface area contributed by atoms with E-state index < -0.39 is 0 Å². The molecule has 26 heavy (non-hydrogen) atoms. The van der Waals surface area contributed by atoms with Crippen LogP contribution in [0.1, 0.15) is 64.7 Å². The van der Waals surface area contributed by atoms with Crippen LogP contribution in [0.4, 0.5) is 0 Å². The van der Waals surface area contributed by atoms with E-state index in [2.05, 4.69) is 19.6 Å². The fraction of sp³-hybridized carbons (Fsp3) is 0.792. The first kappa shape index (κ1) is 16.1. The predicted octanol–water partition coefficient (Wildman–Crippen LogP) is 5.54. The van der Waals surface area contributed by atoms with Gasteiger partial charge in [-0.2, -0.15) is 0 Å². The molecule has 5 fully saturated rings. The van der Waals surface area contributed by atoms with Gasteiger partial charge in [0.2, 0.25) is 0 Å². The topological polar surface area (TPSA) is 33.1 Å². The zero-order valence-corrected chi connectivity index (χ0v) is 16.2. The summed E-state index contributed by atoms with van der Waals surface area (Å²) in [4.78, 5) is 0. The molecular weight excluding hydrogens is 318 g/mol. The molecule has 6 rings (SSSR count). The molecule has 5 unspecified atom stereocenters. The Morgan fingerprint density at radius 3 is 2.88 bits per heavy atom. The van der Waals surface area contributed by atoms with Crippen LogP contribution in [0.25, 0.3) is 0 Å². The highest BCUT2D eigenvalue weighted by Crippen LogP contribution is 2.79. The summed E-state index contributed by atoms with van der Waals surface area (Å²) in [6.45, 7) is 7.99. The fourth-order valence-electron chi connectivity index (χ4n) is 9.10. The standard InChI is InChI=1S/C24H33NO/c1-3-23-9-7-17-16-6-5-15(25)12-18(16)14(2)11-19(17)22(23)20-13-21(20)24(23)8-4-10-26-24/h12,16-17,19-22,25H,2-11,13H2,1H3/t16-,17?,19?,20?,21?,22?,23+,24+/m1/s1. The molecule has 0 aromatic carbocycles. The molecule has 1 heterocycles. The van der Waals surface area contributed by atoms with E-state index in [4.69, 9.17) is 10.1 Å². The Bertz CT molecular complexity index is 714. The summed E-state index contributed by atoms with van der Waals surface area (Å²) in [6.07, 6.45) is 13.7. The van der Waals surface area contributed by atoms with E-state index in [-0.39, 0.29) is 5.60 Å². The third-order valence-corrected chi connectivity index (χ3v) is 9.86. The molecule has 0 aromatic rings.